The van der Waals surface area contributed by atoms with Crippen LogP contribution in [0.3, 0.4) is 0 Å². The van der Waals surface area contributed by atoms with Crippen molar-refractivity contribution >= 4 is 17.9 Å². The van der Waals surface area contributed by atoms with Crippen LogP contribution in [0.1, 0.15) is 39.0 Å². The number of hydrogen-bond acceptors (Lipinski definition) is 4. The van der Waals surface area contributed by atoms with Crippen molar-refractivity contribution in [2.24, 2.45) is 0 Å². The fourth-order valence-corrected chi connectivity index (χ4v) is 2.63. The molecule has 6 heteroatoms. The number of urea groups is 1. The van der Waals surface area contributed by atoms with E-state index in [9.17, 15) is 14.4 Å². The van der Waals surface area contributed by atoms with Gasteiger partial charge in [-0.1, -0.05) is 12.8 Å². The maximum atomic E-state index is 12.2. The number of imide groups is 1. The van der Waals surface area contributed by atoms with Crippen LogP contribution in [0, 0.1) is 0 Å². The number of nitrogens with one attached hydrogen (secondary N) is 1. The minimum atomic E-state index is -0.689. The number of amides is 3. The lowest BCUT2D eigenvalue weighted by molar-refractivity contribution is -0.143. The van der Waals surface area contributed by atoms with Crippen LogP contribution in [0.5, 0.6) is 0 Å². The van der Waals surface area contributed by atoms with Crippen molar-refractivity contribution in [2.45, 2.75) is 44.6 Å². The van der Waals surface area contributed by atoms with Crippen molar-refractivity contribution in [3.8, 4) is 0 Å². The molecule has 2 rings (SSSR count). The predicted octanol–water partition coefficient (Wildman–Crippen LogP) is 0.804. The highest BCUT2D eigenvalue weighted by atomic mass is 16.5. The monoisotopic (exact) mass is 254 g/mol. The van der Waals surface area contributed by atoms with Gasteiger partial charge in [-0.3, -0.25) is 14.5 Å². The first-order valence-corrected chi connectivity index (χ1v) is 6.39. The van der Waals surface area contributed by atoms with Crippen LogP contribution in [-0.4, -0.2) is 41.5 Å². The van der Waals surface area contributed by atoms with Gasteiger partial charge >= 0.3 is 12.0 Å². The molecular formula is C12H18N2O4. The highest BCUT2D eigenvalue weighted by Gasteiger charge is 2.52. The van der Waals surface area contributed by atoms with Gasteiger partial charge in [-0.25, -0.2) is 4.79 Å². The van der Waals surface area contributed by atoms with Crippen molar-refractivity contribution in [2.75, 3.05) is 13.2 Å². The Morgan fingerprint density at radius 3 is 2.67 bits per heavy atom. The SMILES string of the molecule is CCOC(=O)CCN1C(=O)NC2(CCCC2)C1=O. The van der Waals surface area contributed by atoms with Crippen LogP contribution in [0.2, 0.25) is 0 Å². The van der Waals surface area contributed by atoms with E-state index in [1.165, 1.54) is 0 Å². The molecule has 1 aliphatic carbocycles. The Kier molecular flexibility index (Phi) is 3.54. The van der Waals surface area contributed by atoms with E-state index in [-0.39, 0.29) is 30.9 Å². The van der Waals surface area contributed by atoms with Gasteiger partial charge in [-0.2, -0.15) is 0 Å². The van der Waals surface area contributed by atoms with Crippen LogP contribution in [0.4, 0.5) is 4.79 Å². The van der Waals surface area contributed by atoms with Crippen molar-refractivity contribution in [1.82, 2.24) is 10.2 Å². The number of nitrogens with zero attached hydrogens (tertiary/aromatic N) is 1. The van der Waals surface area contributed by atoms with Crippen LogP contribution in [0.25, 0.3) is 0 Å². The third-order valence-corrected chi connectivity index (χ3v) is 3.55. The first kappa shape index (κ1) is 12.9. The molecule has 0 radical (unpaired) electrons. The minimum Gasteiger partial charge on any atom is -0.466 e. The number of ether oxygens (including phenoxy) is 1. The van der Waals surface area contributed by atoms with E-state index in [2.05, 4.69) is 5.32 Å². The highest BCUT2D eigenvalue weighted by molar-refractivity contribution is 6.07. The number of rotatable bonds is 4. The van der Waals surface area contributed by atoms with Gasteiger partial charge in [0.1, 0.15) is 5.54 Å². The molecule has 1 N–H and O–H groups in total. The zero-order valence-electron chi connectivity index (χ0n) is 10.5. The van der Waals surface area contributed by atoms with Gasteiger partial charge in [0.2, 0.25) is 0 Å². The summed E-state index contributed by atoms with van der Waals surface area (Å²) in [7, 11) is 0. The Hall–Kier alpha value is -1.59. The zero-order chi connectivity index (χ0) is 13.2. The van der Waals surface area contributed by atoms with E-state index in [4.69, 9.17) is 4.74 Å². The fourth-order valence-electron chi connectivity index (χ4n) is 2.63. The molecule has 1 spiro atoms. The molecular weight excluding hydrogens is 236 g/mol. The molecule has 0 bridgehead atoms. The number of hydrogen-bond donors (Lipinski definition) is 1. The van der Waals surface area contributed by atoms with E-state index in [0.29, 0.717) is 19.4 Å². The predicted molar refractivity (Wildman–Crippen MR) is 62.7 cm³/mol. The lowest BCUT2D eigenvalue weighted by atomic mass is 9.98. The molecule has 1 aliphatic heterocycles. The van der Waals surface area contributed by atoms with Crippen LogP contribution in [0.15, 0.2) is 0 Å². The van der Waals surface area contributed by atoms with E-state index in [1.807, 2.05) is 0 Å². The summed E-state index contributed by atoms with van der Waals surface area (Å²) < 4.78 is 4.78. The third kappa shape index (κ3) is 2.19. The number of carbonyl (C=O) groups excluding carboxylic acids is 3. The second-order valence-electron chi connectivity index (χ2n) is 4.73. The third-order valence-electron chi connectivity index (χ3n) is 3.55. The lowest BCUT2D eigenvalue weighted by Gasteiger charge is -2.19. The Morgan fingerprint density at radius 1 is 1.39 bits per heavy atom. The van der Waals surface area contributed by atoms with Gasteiger partial charge in [0.15, 0.2) is 0 Å². The lowest BCUT2D eigenvalue weighted by Crippen LogP contribution is -2.44. The standard InChI is InChI=1S/C12H18N2O4/c1-2-18-9(15)5-8-14-10(16)12(13-11(14)17)6-3-4-7-12/h2-8H2,1H3,(H,13,17). The summed E-state index contributed by atoms with van der Waals surface area (Å²) in [6.45, 7) is 2.13. The Balaban J connectivity index is 1.95. The molecule has 3 amide bonds. The summed E-state index contributed by atoms with van der Waals surface area (Å²) in [4.78, 5) is 36.3. The first-order valence-electron chi connectivity index (χ1n) is 6.39. The van der Waals surface area contributed by atoms with Crippen LogP contribution >= 0.6 is 0 Å². The molecule has 18 heavy (non-hydrogen) atoms. The van der Waals surface area contributed by atoms with Gasteiger partial charge in [0.05, 0.1) is 13.0 Å². The maximum absolute atomic E-state index is 12.2. The first-order chi connectivity index (χ1) is 8.59. The fraction of sp³-hybridized carbons (Fsp3) is 0.750. The van der Waals surface area contributed by atoms with Crippen molar-refractivity contribution in [3.63, 3.8) is 0 Å². The molecule has 0 aromatic heterocycles. The minimum absolute atomic E-state index is 0.0586. The zero-order valence-corrected chi connectivity index (χ0v) is 10.5. The number of esters is 1. The summed E-state index contributed by atoms with van der Waals surface area (Å²) in [5.74, 6) is -0.570. The summed E-state index contributed by atoms with van der Waals surface area (Å²) in [5, 5.41) is 2.77. The molecule has 0 atom stereocenters. The molecule has 2 fully saturated rings. The van der Waals surface area contributed by atoms with Gasteiger partial charge in [0, 0.05) is 6.54 Å². The normalized spacial score (nSPS) is 21.5. The largest absolute Gasteiger partial charge is 0.466 e. The topological polar surface area (TPSA) is 75.7 Å². The second kappa shape index (κ2) is 4.96. The quantitative estimate of drug-likeness (QED) is 0.595. The van der Waals surface area contributed by atoms with Crippen LogP contribution in [-0.2, 0) is 14.3 Å². The van der Waals surface area contributed by atoms with E-state index in [0.717, 1.165) is 17.7 Å². The molecule has 0 unspecified atom stereocenters. The van der Waals surface area contributed by atoms with E-state index < -0.39 is 5.54 Å². The number of carbonyl (C=O) groups is 3. The van der Waals surface area contributed by atoms with Gasteiger partial charge < -0.3 is 10.1 Å². The smallest absolute Gasteiger partial charge is 0.325 e. The Morgan fingerprint density at radius 2 is 2.06 bits per heavy atom. The van der Waals surface area contributed by atoms with E-state index in [1.54, 1.807) is 6.92 Å². The van der Waals surface area contributed by atoms with Gasteiger partial charge in [0.25, 0.3) is 5.91 Å². The van der Waals surface area contributed by atoms with Crippen molar-refractivity contribution < 1.29 is 19.1 Å². The average Bonchev–Trinajstić information content (AvgIpc) is 2.86. The average molecular weight is 254 g/mol. The molecule has 1 heterocycles. The summed E-state index contributed by atoms with van der Waals surface area (Å²) in [6.07, 6.45) is 3.37. The molecule has 6 nitrogen and oxygen atoms in total. The molecule has 100 valence electrons. The Bertz CT molecular complexity index is 374. The molecule has 1 saturated heterocycles. The maximum Gasteiger partial charge on any atom is 0.325 e. The second-order valence-corrected chi connectivity index (χ2v) is 4.73. The van der Waals surface area contributed by atoms with Crippen LogP contribution < -0.4 is 5.32 Å². The highest BCUT2D eigenvalue weighted by Crippen LogP contribution is 2.34. The molecule has 0 aromatic rings. The Labute approximate surface area is 106 Å². The van der Waals surface area contributed by atoms with Gasteiger partial charge in [-0.05, 0) is 19.8 Å². The van der Waals surface area contributed by atoms with Crippen molar-refractivity contribution in [1.29, 1.82) is 0 Å². The summed E-state index contributed by atoms with van der Waals surface area (Å²) in [6, 6.07) is -0.383. The molecule has 2 aliphatic rings. The van der Waals surface area contributed by atoms with E-state index >= 15 is 0 Å². The van der Waals surface area contributed by atoms with Crippen molar-refractivity contribution in [3.05, 3.63) is 0 Å². The summed E-state index contributed by atoms with van der Waals surface area (Å²) >= 11 is 0. The molecule has 0 aromatic carbocycles. The van der Waals surface area contributed by atoms with Gasteiger partial charge in [-0.15, -0.1) is 0 Å². The molecule has 1 saturated carbocycles. The summed E-state index contributed by atoms with van der Waals surface area (Å²) in [5.41, 5.74) is -0.689.